The highest BCUT2D eigenvalue weighted by molar-refractivity contribution is 6.03. The van der Waals surface area contributed by atoms with Gasteiger partial charge in [-0.2, -0.15) is 0 Å². The summed E-state index contributed by atoms with van der Waals surface area (Å²) in [4.78, 5) is 25.9. The first-order chi connectivity index (χ1) is 8.04. The van der Waals surface area contributed by atoms with Crippen molar-refractivity contribution >= 4 is 17.6 Å². The number of aromatic carboxylic acids is 1. The minimum absolute atomic E-state index is 0.0520. The Morgan fingerprint density at radius 3 is 2.65 bits per heavy atom. The van der Waals surface area contributed by atoms with Gasteiger partial charge in [-0.1, -0.05) is 13.0 Å². The van der Waals surface area contributed by atoms with Gasteiger partial charge in [0.1, 0.15) is 5.69 Å². The van der Waals surface area contributed by atoms with Gasteiger partial charge < -0.3 is 10.4 Å². The summed E-state index contributed by atoms with van der Waals surface area (Å²) in [6.07, 6.45) is 3.92. The van der Waals surface area contributed by atoms with E-state index in [1.807, 2.05) is 13.0 Å². The van der Waals surface area contributed by atoms with Crippen molar-refractivity contribution in [2.45, 2.75) is 20.3 Å². The molecular formula is C12H14N2O3. The number of rotatable bonds is 4. The molecule has 0 saturated carbocycles. The van der Waals surface area contributed by atoms with Crippen LogP contribution in [0.3, 0.4) is 0 Å². The van der Waals surface area contributed by atoms with Crippen LogP contribution in [0.15, 0.2) is 30.0 Å². The van der Waals surface area contributed by atoms with Crippen molar-refractivity contribution in [1.82, 2.24) is 4.98 Å². The first-order valence-electron chi connectivity index (χ1n) is 5.22. The quantitative estimate of drug-likeness (QED) is 0.781. The number of hydrogen-bond acceptors (Lipinski definition) is 3. The van der Waals surface area contributed by atoms with Gasteiger partial charge >= 0.3 is 5.97 Å². The molecule has 0 radical (unpaired) electrons. The number of anilines is 1. The molecule has 1 rings (SSSR count). The number of carboxylic acid groups (broad SMARTS) is 1. The molecule has 0 bridgehead atoms. The Bertz CT molecular complexity index is 449. The van der Waals surface area contributed by atoms with Gasteiger partial charge in [0.15, 0.2) is 0 Å². The fourth-order valence-electron chi connectivity index (χ4n) is 1.22. The lowest BCUT2D eigenvalue weighted by Crippen LogP contribution is -2.13. The molecule has 0 aliphatic carbocycles. The second kappa shape index (κ2) is 5.79. The zero-order valence-electron chi connectivity index (χ0n) is 9.73. The summed E-state index contributed by atoms with van der Waals surface area (Å²) in [6.45, 7) is 3.66. The molecule has 0 unspecified atom stereocenters. The third-order valence-electron chi connectivity index (χ3n) is 2.11. The molecule has 0 atom stereocenters. The normalized spacial score (nSPS) is 11.1. The van der Waals surface area contributed by atoms with Gasteiger partial charge in [-0.05, 0) is 25.5 Å². The van der Waals surface area contributed by atoms with E-state index in [2.05, 4.69) is 10.3 Å². The predicted octanol–water partition coefficient (Wildman–Crippen LogP) is 2.07. The average Bonchev–Trinajstić information content (AvgIpc) is 2.30. The molecule has 0 aromatic carbocycles. The van der Waals surface area contributed by atoms with Crippen LogP contribution < -0.4 is 5.32 Å². The Labute approximate surface area is 99.2 Å². The van der Waals surface area contributed by atoms with E-state index in [0.717, 1.165) is 6.42 Å². The van der Waals surface area contributed by atoms with E-state index in [0.29, 0.717) is 11.3 Å². The van der Waals surface area contributed by atoms with Gasteiger partial charge in [-0.15, -0.1) is 0 Å². The summed E-state index contributed by atoms with van der Waals surface area (Å²) in [5.41, 5.74) is 1.04. The topological polar surface area (TPSA) is 79.3 Å². The monoisotopic (exact) mass is 234 g/mol. The number of carbonyl (C=O) groups is 2. The Hall–Kier alpha value is -2.17. The lowest BCUT2D eigenvalue weighted by Gasteiger charge is -2.04. The molecule has 5 nitrogen and oxygen atoms in total. The number of carbonyl (C=O) groups excluding carboxylic acids is 1. The van der Waals surface area contributed by atoms with E-state index in [1.165, 1.54) is 18.3 Å². The second-order valence-electron chi connectivity index (χ2n) is 3.49. The maximum absolute atomic E-state index is 11.6. The van der Waals surface area contributed by atoms with E-state index in [-0.39, 0.29) is 11.6 Å². The first-order valence-corrected chi connectivity index (χ1v) is 5.22. The molecule has 2 N–H and O–H groups in total. The van der Waals surface area contributed by atoms with Crippen molar-refractivity contribution in [3.05, 3.63) is 35.7 Å². The van der Waals surface area contributed by atoms with E-state index >= 15 is 0 Å². The Morgan fingerprint density at radius 2 is 2.18 bits per heavy atom. The van der Waals surface area contributed by atoms with Crippen LogP contribution in [-0.2, 0) is 4.79 Å². The molecule has 0 aliphatic heterocycles. The van der Waals surface area contributed by atoms with Crippen molar-refractivity contribution in [2.75, 3.05) is 5.32 Å². The number of aromatic nitrogens is 1. The molecule has 1 amide bonds. The molecule has 1 aromatic heterocycles. The van der Waals surface area contributed by atoms with Gasteiger partial charge in [-0.25, -0.2) is 9.78 Å². The Kier molecular flexibility index (Phi) is 4.39. The van der Waals surface area contributed by atoms with Crippen LogP contribution in [0.5, 0.6) is 0 Å². The fraction of sp³-hybridized carbons (Fsp3) is 0.250. The molecular weight excluding hydrogens is 220 g/mol. The minimum atomic E-state index is -1.09. The maximum Gasteiger partial charge on any atom is 0.354 e. The summed E-state index contributed by atoms with van der Waals surface area (Å²) in [5.74, 6) is -1.30. The summed E-state index contributed by atoms with van der Waals surface area (Å²) < 4.78 is 0. The van der Waals surface area contributed by atoms with Gasteiger partial charge in [0.25, 0.3) is 5.91 Å². The average molecular weight is 234 g/mol. The molecule has 1 aromatic rings. The molecule has 90 valence electrons. The third kappa shape index (κ3) is 3.71. The van der Waals surface area contributed by atoms with Crippen LogP contribution in [0.1, 0.15) is 30.8 Å². The van der Waals surface area contributed by atoms with Crippen LogP contribution in [-0.4, -0.2) is 22.0 Å². The summed E-state index contributed by atoms with van der Waals surface area (Å²) in [7, 11) is 0. The van der Waals surface area contributed by atoms with Crippen LogP contribution in [0.4, 0.5) is 5.69 Å². The Morgan fingerprint density at radius 1 is 1.47 bits per heavy atom. The lowest BCUT2D eigenvalue weighted by atomic mass is 10.2. The maximum atomic E-state index is 11.6. The van der Waals surface area contributed by atoms with E-state index < -0.39 is 5.97 Å². The van der Waals surface area contributed by atoms with Crippen molar-refractivity contribution in [2.24, 2.45) is 0 Å². The van der Waals surface area contributed by atoms with Gasteiger partial charge in [0.2, 0.25) is 0 Å². The van der Waals surface area contributed by atoms with Gasteiger partial charge in [0, 0.05) is 5.57 Å². The second-order valence-corrected chi connectivity index (χ2v) is 3.49. The van der Waals surface area contributed by atoms with Crippen LogP contribution in [0, 0.1) is 0 Å². The molecule has 0 aliphatic rings. The number of hydrogen-bond donors (Lipinski definition) is 2. The van der Waals surface area contributed by atoms with Crippen molar-refractivity contribution in [3.63, 3.8) is 0 Å². The Balaban J connectivity index is 2.73. The largest absolute Gasteiger partial charge is 0.477 e. The minimum Gasteiger partial charge on any atom is -0.477 e. The summed E-state index contributed by atoms with van der Waals surface area (Å²) in [5, 5.41) is 11.3. The summed E-state index contributed by atoms with van der Waals surface area (Å²) in [6, 6.07) is 2.85. The third-order valence-corrected chi connectivity index (χ3v) is 2.11. The number of nitrogens with one attached hydrogen (secondary N) is 1. The van der Waals surface area contributed by atoms with Crippen LogP contribution in [0.2, 0.25) is 0 Å². The number of amides is 1. The lowest BCUT2D eigenvalue weighted by molar-refractivity contribution is -0.112. The number of pyridine rings is 1. The van der Waals surface area contributed by atoms with Gasteiger partial charge in [0.05, 0.1) is 11.9 Å². The van der Waals surface area contributed by atoms with Gasteiger partial charge in [-0.3, -0.25) is 4.79 Å². The molecule has 1 heterocycles. The first kappa shape index (κ1) is 12.9. The molecule has 17 heavy (non-hydrogen) atoms. The van der Waals surface area contributed by atoms with Crippen molar-refractivity contribution < 1.29 is 14.7 Å². The zero-order valence-corrected chi connectivity index (χ0v) is 9.73. The SMILES string of the molecule is CC/C=C(/C)C(=O)Nc1ccc(C(=O)O)nc1. The van der Waals surface area contributed by atoms with Crippen molar-refractivity contribution in [3.8, 4) is 0 Å². The fourth-order valence-corrected chi connectivity index (χ4v) is 1.22. The molecule has 0 spiro atoms. The van der Waals surface area contributed by atoms with E-state index in [1.54, 1.807) is 6.92 Å². The predicted molar refractivity (Wildman–Crippen MR) is 63.9 cm³/mol. The molecule has 0 fully saturated rings. The van der Waals surface area contributed by atoms with Crippen LogP contribution >= 0.6 is 0 Å². The summed E-state index contributed by atoms with van der Waals surface area (Å²) >= 11 is 0. The zero-order chi connectivity index (χ0) is 12.8. The number of carboxylic acids is 1. The molecule has 5 heteroatoms. The van der Waals surface area contributed by atoms with E-state index in [4.69, 9.17) is 5.11 Å². The standard InChI is InChI=1S/C12H14N2O3/c1-3-4-8(2)11(15)14-9-5-6-10(12(16)17)13-7-9/h4-7H,3H2,1-2H3,(H,14,15)(H,16,17)/b8-4-. The highest BCUT2D eigenvalue weighted by Gasteiger charge is 2.06. The molecule has 0 saturated heterocycles. The highest BCUT2D eigenvalue weighted by atomic mass is 16.4. The van der Waals surface area contributed by atoms with E-state index in [9.17, 15) is 9.59 Å². The number of allylic oxidation sites excluding steroid dienone is 1. The highest BCUT2D eigenvalue weighted by Crippen LogP contribution is 2.08. The smallest absolute Gasteiger partial charge is 0.354 e. The number of nitrogens with zero attached hydrogens (tertiary/aromatic N) is 1. The van der Waals surface area contributed by atoms with Crippen molar-refractivity contribution in [1.29, 1.82) is 0 Å². The van der Waals surface area contributed by atoms with Crippen LogP contribution in [0.25, 0.3) is 0 Å².